The van der Waals surface area contributed by atoms with Crippen LogP contribution in [0.5, 0.6) is 0 Å². The molecule has 0 aromatic carbocycles. The van der Waals surface area contributed by atoms with Crippen molar-refractivity contribution in [3.05, 3.63) is 17.4 Å². The third-order valence-corrected chi connectivity index (χ3v) is 2.41. The smallest absolute Gasteiger partial charge is 0.396 e. The van der Waals surface area contributed by atoms with Crippen LogP contribution in [-0.4, -0.2) is 20.0 Å². The van der Waals surface area contributed by atoms with E-state index < -0.39 is 11.2 Å². The second-order valence-corrected chi connectivity index (χ2v) is 3.56. The van der Waals surface area contributed by atoms with E-state index in [9.17, 15) is 13.2 Å². The van der Waals surface area contributed by atoms with Gasteiger partial charge in [-0.25, -0.2) is 4.68 Å². The summed E-state index contributed by atoms with van der Waals surface area (Å²) in [5.41, 5.74) is 5.71. The third-order valence-electron chi connectivity index (χ3n) is 1.46. The number of rotatable bonds is 1. The van der Waals surface area contributed by atoms with Crippen LogP contribution in [0.1, 0.15) is 5.01 Å². The maximum absolute atomic E-state index is 12.2. The van der Waals surface area contributed by atoms with Crippen LogP contribution in [-0.2, 0) is 6.18 Å². The Kier molecular flexibility index (Phi) is 2.11. The lowest BCUT2D eigenvalue weighted by Crippen LogP contribution is -2.03. The first-order chi connectivity index (χ1) is 6.97. The zero-order chi connectivity index (χ0) is 11.1. The minimum absolute atomic E-state index is 0.0269. The van der Waals surface area contributed by atoms with Gasteiger partial charge in [0, 0.05) is 0 Å². The molecule has 0 radical (unpaired) electrons. The van der Waals surface area contributed by atoms with Gasteiger partial charge in [0.1, 0.15) is 0 Å². The van der Waals surface area contributed by atoms with Crippen LogP contribution < -0.4 is 5.73 Å². The van der Waals surface area contributed by atoms with Crippen LogP contribution >= 0.6 is 11.3 Å². The molecule has 0 aliphatic rings. The van der Waals surface area contributed by atoms with Crippen LogP contribution in [0.25, 0.3) is 5.13 Å². The monoisotopic (exact) mass is 235 g/mol. The summed E-state index contributed by atoms with van der Waals surface area (Å²) in [5, 5.41) is 9.11. The molecule has 0 amide bonds. The highest BCUT2D eigenvalue weighted by molar-refractivity contribution is 7.13. The highest BCUT2D eigenvalue weighted by atomic mass is 32.1. The highest BCUT2D eigenvalue weighted by Crippen LogP contribution is 2.32. The lowest BCUT2D eigenvalue weighted by atomic mass is 10.6. The van der Waals surface area contributed by atoms with E-state index >= 15 is 0 Å². The van der Waals surface area contributed by atoms with Crippen molar-refractivity contribution in [1.82, 2.24) is 20.0 Å². The van der Waals surface area contributed by atoms with Crippen LogP contribution in [0, 0.1) is 0 Å². The van der Waals surface area contributed by atoms with Gasteiger partial charge in [-0.3, -0.25) is 0 Å². The number of hydrogen-bond acceptors (Lipinski definition) is 5. The Morgan fingerprint density at radius 1 is 1.33 bits per heavy atom. The Morgan fingerprint density at radius 3 is 2.53 bits per heavy atom. The molecule has 9 heteroatoms. The second kappa shape index (κ2) is 3.19. The van der Waals surface area contributed by atoms with E-state index in [1.54, 1.807) is 0 Å². The first-order valence-corrected chi connectivity index (χ1v) is 4.49. The molecule has 0 atom stereocenters. The first kappa shape index (κ1) is 9.90. The van der Waals surface area contributed by atoms with E-state index in [0.29, 0.717) is 17.0 Å². The van der Waals surface area contributed by atoms with Gasteiger partial charge in [0.15, 0.2) is 0 Å². The zero-order valence-corrected chi connectivity index (χ0v) is 7.88. The minimum atomic E-state index is -4.48. The summed E-state index contributed by atoms with van der Waals surface area (Å²) in [5.74, 6) is 0. The molecule has 0 bridgehead atoms. The van der Waals surface area contributed by atoms with Crippen molar-refractivity contribution in [2.75, 3.05) is 5.73 Å². The number of alkyl halides is 3. The summed E-state index contributed by atoms with van der Waals surface area (Å²) in [6.07, 6.45) is -1.80. The van der Waals surface area contributed by atoms with Gasteiger partial charge in [-0.1, -0.05) is 11.3 Å². The molecule has 0 aliphatic carbocycles. The summed E-state index contributed by atoms with van der Waals surface area (Å²) in [7, 11) is 0. The van der Waals surface area contributed by atoms with Crippen molar-refractivity contribution in [3.8, 4) is 5.13 Å². The average molecular weight is 235 g/mol. The van der Waals surface area contributed by atoms with E-state index in [-0.39, 0.29) is 5.13 Å². The van der Waals surface area contributed by atoms with E-state index in [4.69, 9.17) is 5.73 Å². The summed E-state index contributed by atoms with van der Waals surface area (Å²) >= 11 is 0.404. The standard InChI is InChI=1S/C6H4F3N5S/c7-6(8,9)4-12-13-5(15-4)14-2-3(10)1-11-14/h1-2H,10H2. The van der Waals surface area contributed by atoms with Crippen molar-refractivity contribution < 1.29 is 13.2 Å². The molecule has 2 rings (SSSR count). The van der Waals surface area contributed by atoms with Gasteiger partial charge in [0.05, 0.1) is 18.1 Å². The van der Waals surface area contributed by atoms with Crippen molar-refractivity contribution in [2.24, 2.45) is 0 Å². The predicted molar refractivity (Wildman–Crippen MR) is 46.4 cm³/mol. The Morgan fingerprint density at radius 2 is 2.07 bits per heavy atom. The number of anilines is 1. The lowest BCUT2D eigenvalue weighted by molar-refractivity contribution is -0.138. The third kappa shape index (κ3) is 1.91. The van der Waals surface area contributed by atoms with Gasteiger partial charge in [0.2, 0.25) is 10.1 Å². The molecule has 0 spiro atoms. The number of halogens is 3. The normalized spacial score (nSPS) is 11.9. The van der Waals surface area contributed by atoms with Crippen molar-refractivity contribution in [2.45, 2.75) is 6.18 Å². The summed E-state index contributed by atoms with van der Waals surface area (Å²) in [6, 6.07) is 0. The second-order valence-electron chi connectivity index (χ2n) is 2.61. The minimum Gasteiger partial charge on any atom is -0.396 e. The van der Waals surface area contributed by atoms with Crippen molar-refractivity contribution in [3.63, 3.8) is 0 Å². The van der Waals surface area contributed by atoms with Gasteiger partial charge < -0.3 is 5.73 Å². The number of nitrogens with two attached hydrogens (primary N) is 1. The first-order valence-electron chi connectivity index (χ1n) is 3.68. The zero-order valence-electron chi connectivity index (χ0n) is 7.06. The van der Waals surface area contributed by atoms with Gasteiger partial charge in [-0.2, -0.15) is 18.3 Å². The Balaban J connectivity index is 2.36. The van der Waals surface area contributed by atoms with E-state index in [1.165, 1.54) is 12.4 Å². The fraction of sp³-hybridized carbons (Fsp3) is 0.167. The summed E-state index contributed by atoms with van der Waals surface area (Å²) < 4.78 is 37.7. The van der Waals surface area contributed by atoms with Gasteiger partial charge >= 0.3 is 6.18 Å². The van der Waals surface area contributed by atoms with Crippen LogP contribution in [0.4, 0.5) is 18.9 Å². The van der Waals surface area contributed by atoms with Crippen LogP contribution in [0.2, 0.25) is 0 Å². The molecular formula is C6H4F3N5S. The summed E-state index contributed by atoms with van der Waals surface area (Å²) in [4.78, 5) is 0. The number of nitrogen functional groups attached to an aromatic ring is 1. The molecule has 15 heavy (non-hydrogen) atoms. The molecule has 2 aromatic heterocycles. The summed E-state index contributed by atoms with van der Waals surface area (Å²) in [6.45, 7) is 0. The number of aromatic nitrogens is 4. The quantitative estimate of drug-likeness (QED) is 0.809. The van der Waals surface area contributed by atoms with E-state index in [0.717, 1.165) is 4.68 Å². The van der Waals surface area contributed by atoms with Crippen LogP contribution in [0.15, 0.2) is 12.4 Å². The molecule has 2 N–H and O–H groups in total. The molecule has 0 aliphatic heterocycles. The van der Waals surface area contributed by atoms with Gasteiger partial charge in [-0.05, 0) is 0 Å². The fourth-order valence-electron chi connectivity index (χ4n) is 0.864. The van der Waals surface area contributed by atoms with Crippen molar-refractivity contribution in [1.29, 1.82) is 0 Å². The van der Waals surface area contributed by atoms with E-state index in [2.05, 4.69) is 15.3 Å². The molecule has 2 heterocycles. The molecule has 80 valence electrons. The topological polar surface area (TPSA) is 69.6 Å². The maximum atomic E-state index is 12.2. The molecule has 0 saturated carbocycles. The SMILES string of the molecule is Nc1cnn(-c2nnc(C(F)(F)F)s2)c1. The largest absolute Gasteiger partial charge is 0.445 e. The lowest BCUT2D eigenvalue weighted by Gasteiger charge is -1.97. The molecule has 0 saturated heterocycles. The number of hydrogen-bond donors (Lipinski definition) is 1. The molecule has 0 fully saturated rings. The van der Waals surface area contributed by atoms with Gasteiger partial charge in [-0.15, -0.1) is 10.2 Å². The van der Waals surface area contributed by atoms with Crippen LogP contribution in [0.3, 0.4) is 0 Å². The molecule has 5 nitrogen and oxygen atoms in total. The number of nitrogens with zero attached hydrogens (tertiary/aromatic N) is 4. The molecular weight excluding hydrogens is 231 g/mol. The predicted octanol–water partition coefficient (Wildman–Crippen LogP) is 1.32. The van der Waals surface area contributed by atoms with Crippen molar-refractivity contribution >= 4 is 17.0 Å². The Bertz CT molecular complexity index is 473. The molecule has 0 unspecified atom stereocenters. The fourth-order valence-corrected chi connectivity index (χ4v) is 1.51. The van der Waals surface area contributed by atoms with E-state index in [1.807, 2.05) is 0 Å². The Labute approximate surface area is 85.3 Å². The van der Waals surface area contributed by atoms with Gasteiger partial charge in [0.25, 0.3) is 0 Å². The molecule has 2 aromatic rings. The Hall–Kier alpha value is -1.64. The maximum Gasteiger partial charge on any atom is 0.445 e. The average Bonchev–Trinajstić information content (AvgIpc) is 2.69. The highest BCUT2D eigenvalue weighted by Gasteiger charge is 2.35.